The zero-order valence-electron chi connectivity index (χ0n) is 21.2. The summed E-state index contributed by atoms with van der Waals surface area (Å²) in [7, 11) is 0. The molecule has 3 amide bonds. The molecule has 1 saturated carbocycles. The number of amides is 3. The van der Waals surface area contributed by atoms with Gasteiger partial charge in [-0.1, -0.05) is 35.9 Å². The largest absolute Gasteiger partial charge is 0.351 e. The Morgan fingerprint density at radius 1 is 1.12 bits per heavy atom. The summed E-state index contributed by atoms with van der Waals surface area (Å²) in [5.74, 6) is -4.69. The van der Waals surface area contributed by atoms with Crippen LogP contribution in [0.2, 0.25) is 5.02 Å². The second-order valence-electron chi connectivity index (χ2n) is 9.92. The minimum absolute atomic E-state index is 0.0661. The molecule has 1 aliphatic heterocycles. The number of alkyl halides is 2. The first kappa shape index (κ1) is 28.1. The van der Waals surface area contributed by atoms with Crippen molar-refractivity contribution in [3.05, 3.63) is 75.8 Å². The standard InChI is InChI=1S/C28H26ClF3N4O3S/c29-21-7-2-1-6-20(21)25(26(38)34-18-10-12-28(31,32)13-11-18)35(19-5-3-4-17(30)14-19)27(39)22-8-9-24(37)36(22)23-15-40-16-33-23/h1-7,14-16,18,22,25H,8-13H2,(H,34,38)/t22-,25-/m0/s1. The van der Waals surface area contributed by atoms with Crippen LogP contribution in [0.15, 0.2) is 59.4 Å². The molecule has 2 aliphatic rings. The van der Waals surface area contributed by atoms with Gasteiger partial charge in [0, 0.05) is 47.0 Å². The van der Waals surface area contributed by atoms with E-state index in [1.807, 2.05) is 0 Å². The van der Waals surface area contributed by atoms with Crippen LogP contribution < -0.4 is 15.1 Å². The third kappa shape index (κ3) is 5.85. The van der Waals surface area contributed by atoms with Gasteiger partial charge in [0.25, 0.3) is 5.91 Å². The highest BCUT2D eigenvalue weighted by Crippen LogP contribution is 2.37. The van der Waals surface area contributed by atoms with Gasteiger partial charge in [0.05, 0.1) is 5.51 Å². The van der Waals surface area contributed by atoms with E-state index >= 15 is 0 Å². The molecule has 3 aromatic rings. The van der Waals surface area contributed by atoms with Crippen LogP contribution in [0.1, 0.15) is 50.1 Å². The van der Waals surface area contributed by atoms with Crippen molar-refractivity contribution in [2.24, 2.45) is 0 Å². The quantitative estimate of drug-likeness (QED) is 0.371. The highest BCUT2D eigenvalue weighted by atomic mass is 35.5. The Kier molecular flexibility index (Phi) is 8.14. The number of nitrogens with zero attached hydrogens (tertiary/aromatic N) is 3. The van der Waals surface area contributed by atoms with Gasteiger partial charge < -0.3 is 5.32 Å². The van der Waals surface area contributed by atoms with Crippen LogP contribution in [0.3, 0.4) is 0 Å². The van der Waals surface area contributed by atoms with Gasteiger partial charge >= 0.3 is 0 Å². The predicted molar refractivity (Wildman–Crippen MR) is 146 cm³/mol. The minimum Gasteiger partial charge on any atom is -0.351 e. The third-order valence-corrected chi connectivity index (χ3v) is 8.18. The number of nitrogens with one attached hydrogen (secondary N) is 1. The van der Waals surface area contributed by atoms with Gasteiger partial charge in [-0.25, -0.2) is 18.2 Å². The molecule has 2 atom stereocenters. The van der Waals surface area contributed by atoms with Gasteiger partial charge in [-0.15, -0.1) is 11.3 Å². The number of hydrogen-bond acceptors (Lipinski definition) is 5. The second-order valence-corrected chi connectivity index (χ2v) is 11.0. The lowest BCUT2D eigenvalue weighted by atomic mass is 9.91. The van der Waals surface area contributed by atoms with Crippen molar-refractivity contribution in [1.29, 1.82) is 0 Å². The topological polar surface area (TPSA) is 82.6 Å². The van der Waals surface area contributed by atoms with Crippen molar-refractivity contribution in [2.45, 2.75) is 62.6 Å². The fourth-order valence-electron chi connectivity index (χ4n) is 5.28. The van der Waals surface area contributed by atoms with Gasteiger partial charge in [0.15, 0.2) is 0 Å². The number of aromatic nitrogens is 1. The number of carbonyl (C=O) groups is 3. The maximum atomic E-state index is 14.5. The average Bonchev–Trinajstić information content (AvgIpc) is 3.58. The second kappa shape index (κ2) is 11.6. The van der Waals surface area contributed by atoms with Gasteiger partial charge in [-0.3, -0.25) is 24.2 Å². The fourth-order valence-corrected chi connectivity index (χ4v) is 6.04. The van der Waals surface area contributed by atoms with E-state index in [-0.39, 0.29) is 60.7 Å². The number of halogens is 4. The van der Waals surface area contributed by atoms with Crippen molar-refractivity contribution in [3.8, 4) is 0 Å². The van der Waals surface area contributed by atoms with Gasteiger partial charge in [-0.05, 0) is 43.5 Å². The van der Waals surface area contributed by atoms with E-state index in [0.717, 1.165) is 11.0 Å². The van der Waals surface area contributed by atoms with Crippen molar-refractivity contribution in [1.82, 2.24) is 10.3 Å². The van der Waals surface area contributed by atoms with Crippen LogP contribution in [0.5, 0.6) is 0 Å². The van der Waals surface area contributed by atoms with E-state index in [1.54, 1.807) is 35.2 Å². The molecule has 0 spiro atoms. The van der Waals surface area contributed by atoms with Crippen molar-refractivity contribution in [3.63, 3.8) is 0 Å². The molecule has 2 heterocycles. The zero-order valence-corrected chi connectivity index (χ0v) is 22.8. The Labute approximate surface area is 237 Å². The smallest absolute Gasteiger partial charge is 0.251 e. The number of hydrogen-bond donors (Lipinski definition) is 1. The maximum absolute atomic E-state index is 14.5. The molecular formula is C28H26ClF3N4O3S. The lowest BCUT2D eigenvalue weighted by Crippen LogP contribution is -2.53. The summed E-state index contributed by atoms with van der Waals surface area (Å²) < 4.78 is 42.1. The highest BCUT2D eigenvalue weighted by Gasteiger charge is 2.45. The number of benzene rings is 2. The molecule has 210 valence electrons. The first-order valence-corrected chi connectivity index (χ1v) is 14.2. The molecular weight excluding hydrogens is 565 g/mol. The highest BCUT2D eigenvalue weighted by molar-refractivity contribution is 7.07. The van der Waals surface area contributed by atoms with E-state index in [4.69, 9.17) is 11.6 Å². The van der Waals surface area contributed by atoms with Crippen LogP contribution in [0.4, 0.5) is 24.7 Å². The van der Waals surface area contributed by atoms with Crippen molar-refractivity contribution >= 4 is 52.2 Å². The lowest BCUT2D eigenvalue weighted by Gasteiger charge is -2.37. The third-order valence-electron chi connectivity index (χ3n) is 7.26. The van der Waals surface area contributed by atoms with Gasteiger partial charge in [0.2, 0.25) is 17.7 Å². The van der Waals surface area contributed by atoms with E-state index in [0.29, 0.717) is 5.82 Å². The first-order valence-electron chi connectivity index (χ1n) is 12.9. The SMILES string of the molecule is O=C(NC1CCC(F)(F)CC1)[C@H](c1ccccc1Cl)N(C(=O)[C@@H]1CCC(=O)N1c1cscn1)c1cccc(F)c1. The molecule has 0 radical (unpaired) electrons. The zero-order chi connectivity index (χ0) is 28.4. The van der Waals surface area contributed by atoms with Crippen molar-refractivity contribution in [2.75, 3.05) is 9.80 Å². The minimum atomic E-state index is -2.79. The molecule has 40 heavy (non-hydrogen) atoms. The first-order chi connectivity index (χ1) is 19.1. The molecule has 1 saturated heterocycles. The molecule has 1 N–H and O–H groups in total. The average molecular weight is 591 g/mol. The van der Waals surface area contributed by atoms with Crippen LogP contribution in [-0.4, -0.2) is 40.7 Å². The summed E-state index contributed by atoms with van der Waals surface area (Å²) in [6.07, 6.45) is -0.352. The number of carbonyl (C=O) groups excluding carboxylic acids is 3. The molecule has 1 aromatic heterocycles. The van der Waals surface area contributed by atoms with Gasteiger partial charge in [0.1, 0.15) is 23.7 Å². The molecule has 5 rings (SSSR count). The normalized spacial score (nSPS) is 19.9. The maximum Gasteiger partial charge on any atom is 0.251 e. The van der Waals surface area contributed by atoms with Crippen LogP contribution in [-0.2, 0) is 14.4 Å². The molecule has 7 nitrogen and oxygen atoms in total. The molecule has 0 unspecified atom stereocenters. The number of rotatable bonds is 7. The van der Waals surface area contributed by atoms with Crippen LogP contribution in [0.25, 0.3) is 0 Å². The van der Waals surface area contributed by atoms with Crippen molar-refractivity contribution < 1.29 is 27.6 Å². The molecule has 0 bridgehead atoms. The Balaban J connectivity index is 1.57. The molecule has 1 aliphatic carbocycles. The molecule has 2 aromatic carbocycles. The molecule has 12 heteroatoms. The summed E-state index contributed by atoms with van der Waals surface area (Å²) in [5.41, 5.74) is 1.89. The van der Waals surface area contributed by atoms with Crippen LogP contribution in [0, 0.1) is 5.82 Å². The lowest BCUT2D eigenvalue weighted by molar-refractivity contribution is -0.128. The summed E-state index contributed by atoms with van der Waals surface area (Å²) in [6, 6.07) is 8.77. The Morgan fingerprint density at radius 2 is 1.88 bits per heavy atom. The summed E-state index contributed by atoms with van der Waals surface area (Å²) >= 11 is 7.80. The van der Waals surface area contributed by atoms with Crippen LogP contribution >= 0.6 is 22.9 Å². The Bertz CT molecular complexity index is 1400. The van der Waals surface area contributed by atoms with E-state index in [2.05, 4.69) is 10.3 Å². The number of anilines is 2. The fraction of sp³-hybridized carbons (Fsp3) is 0.357. The van der Waals surface area contributed by atoms with E-state index in [9.17, 15) is 27.6 Å². The Hall–Kier alpha value is -3.44. The molecule has 2 fully saturated rings. The summed E-state index contributed by atoms with van der Waals surface area (Å²) in [5, 5.41) is 4.66. The predicted octanol–water partition coefficient (Wildman–Crippen LogP) is 5.90. The number of thiazole rings is 1. The monoisotopic (exact) mass is 590 g/mol. The van der Waals surface area contributed by atoms with E-state index in [1.165, 1.54) is 34.4 Å². The summed E-state index contributed by atoms with van der Waals surface area (Å²) in [4.78, 5) is 47.9. The van der Waals surface area contributed by atoms with E-state index < -0.39 is 41.7 Å². The Morgan fingerprint density at radius 3 is 2.55 bits per heavy atom. The van der Waals surface area contributed by atoms with Gasteiger partial charge in [-0.2, -0.15) is 0 Å². The summed E-state index contributed by atoms with van der Waals surface area (Å²) in [6.45, 7) is 0.